The molecule has 2 atom stereocenters. The van der Waals surface area contributed by atoms with Crippen LogP contribution in [0.4, 0.5) is 0 Å². The molecule has 0 spiro atoms. The monoisotopic (exact) mass is 321 g/mol. The minimum absolute atomic E-state index is 0.0256. The quantitative estimate of drug-likeness (QED) is 0.894. The lowest BCUT2D eigenvalue weighted by Crippen LogP contribution is -2.46. The van der Waals surface area contributed by atoms with Crippen molar-refractivity contribution in [3.05, 3.63) is 33.2 Å². The largest absolute Gasteiger partial charge is 0.396 e. The molecular formula is C15H19N3O3S. The van der Waals surface area contributed by atoms with Crippen LogP contribution in [0.2, 0.25) is 0 Å². The van der Waals surface area contributed by atoms with E-state index < -0.39 is 5.91 Å². The summed E-state index contributed by atoms with van der Waals surface area (Å²) < 4.78 is 1.46. The van der Waals surface area contributed by atoms with Gasteiger partial charge < -0.3 is 10.4 Å². The minimum Gasteiger partial charge on any atom is -0.396 e. The van der Waals surface area contributed by atoms with Gasteiger partial charge in [-0.2, -0.15) is 0 Å². The normalized spacial score (nSPS) is 24.8. The predicted molar refractivity (Wildman–Crippen MR) is 84.4 cm³/mol. The Morgan fingerprint density at radius 1 is 1.64 bits per heavy atom. The summed E-state index contributed by atoms with van der Waals surface area (Å²) in [4.78, 5) is 29.7. The maximum atomic E-state index is 12.5. The zero-order valence-electron chi connectivity index (χ0n) is 12.6. The molecule has 3 rings (SSSR count). The molecule has 0 radical (unpaired) electrons. The fourth-order valence-corrected chi connectivity index (χ4v) is 3.91. The Kier molecular flexibility index (Phi) is 3.78. The number of aliphatic hydroxyl groups excluding tert-OH is 1. The van der Waals surface area contributed by atoms with E-state index in [0.29, 0.717) is 4.96 Å². The number of thiazole rings is 1. The molecule has 2 aromatic heterocycles. The zero-order valence-corrected chi connectivity index (χ0v) is 13.4. The number of hydrogen-bond acceptors (Lipinski definition) is 5. The molecule has 1 amide bonds. The number of amides is 1. The second-order valence-corrected chi connectivity index (χ2v) is 7.04. The highest BCUT2D eigenvalue weighted by Crippen LogP contribution is 2.37. The van der Waals surface area contributed by atoms with Crippen LogP contribution in [-0.4, -0.2) is 33.0 Å². The van der Waals surface area contributed by atoms with Crippen molar-refractivity contribution in [1.82, 2.24) is 14.7 Å². The van der Waals surface area contributed by atoms with Crippen LogP contribution in [0, 0.1) is 12.3 Å². The van der Waals surface area contributed by atoms with E-state index in [2.05, 4.69) is 10.3 Å². The first-order valence-electron chi connectivity index (χ1n) is 7.34. The number of carbonyl (C=O) groups excluding carboxylic acids is 1. The van der Waals surface area contributed by atoms with Crippen LogP contribution in [-0.2, 0) is 0 Å². The van der Waals surface area contributed by atoms with Crippen molar-refractivity contribution in [2.24, 2.45) is 5.41 Å². The topological polar surface area (TPSA) is 83.7 Å². The molecule has 1 saturated carbocycles. The smallest absolute Gasteiger partial charge is 0.271 e. The first-order chi connectivity index (χ1) is 10.5. The van der Waals surface area contributed by atoms with Gasteiger partial charge in [0, 0.05) is 28.7 Å². The number of carbonyl (C=O) groups is 1. The first-order valence-corrected chi connectivity index (χ1v) is 8.22. The molecule has 6 nitrogen and oxygen atoms in total. The molecule has 0 saturated heterocycles. The van der Waals surface area contributed by atoms with E-state index in [9.17, 15) is 14.7 Å². The van der Waals surface area contributed by atoms with Gasteiger partial charge in [-0.15, -0.1) is 11.3 Å². The fraction of sp³-hybridized carbons (Fsp3) is 0.533. The summed E-state index contributed by atoms with van der Waals surface area (Å²) in [5, 5.41) is 14.3. The van der Waals surface area contributed by atoms with Gasteiger partial charge in [-0.3, -0.25) is 14.0 Å². The number of hydrogen-bond donors (Lipinski definition) is 2. The molecular weight excluding hydrogens is 302 g/mol. The summed E-state index contributed by atoms with van der Waals surface area (Å²) in [5.74, 6) is -0.413. The fourth-order valence-electron chi connectivity index (χ4n) is 3.09. The maximum absolute atomic E-state index is 12.5. The molecule has 2 N–H and O–H groups in total. The van der Waals surface area contributed by atoms with Gasteiger partial charge in [-0.05, 0) is 19.8 Å². The Morgan fingerprint density at radius 2 is 2.41 bits per heavy atom. The van der Waals surface area contributed by atoms with Gasteiger partial charge in [-0.25, -0.2) is 4.98 Å². The van der Waals surface area contributed by atoms with E-state index >= 15 is 0 Å². The van der Waals surface area contributed by atoms with Gasteiger partial charge in [-0.1, -0.05) is 13.3 Å². The van der Waals surface area contributed by atoms with Gasteiger partial charge in [0.1, 0.15) is 5.56 Å². The van der Waals surface area contributed by atoms with Gasteiger partial charge >= 0.3 is 0 Å². The van der Waals surface area contributed by atoms with E-state index in [0.717, 1.165) is 25.0 Å². The molecule has 1 fully saturated rings. The number of aromatic nitrogens is 2. The van der Waals surface area contributed by atoms with Crippen molar-refractivity contribution >= 4 is 22.2 Å². The highest BCUT2D eigenvalue weighted by molar-refractivity contribution is 7.15. The molecule has 0 aliphatic heterocycles. The van der Waals surface area contributed by atoms with E-state index in [4.69, 9.17) is 0 Å². The van der Waals surface area contributed by atoms with Crippen LogP contribution in [0.25, 0.3) is 4.96 Å². The molecule has 7 heteroatoms. The molecule has 1 aliphatic carbocycles. The molecule has 2 unspecified atom stereocenters. The van der Waals surface area contributed by atoms with Crippen molar-refractivity contribution < 1.29 is 9.90 Å². The molecule has 2 aromatic rings. The van der Waals surface area contributed by atoms with Gasteiger partial charge in [0.2, 0.25) is 0 Å². The predicted octanol–water partition coefficient (Wildman–Crippen LogP) is 1.35. The lowest BCUT2D eigenvalue weighted by molar-refractivity contribution is 0.0828. The van der Waals surface area contributed by atoms with Crippen molar-refractivity contribution in [2.45, 2.75) is 39.2 Å². The van der Waals surface area contributed by atoms with Crippen molar-refractivity contribution in [2.75, 3.05) is 6.61 Å². The Hall–Kier alpha value is -1.73. The molecule has 118 valence electrons. The van der Waals surface area contributed by atoms with Gasteiger partial charge in [0.15, 0.2) is 4.96 Å². The summed E-state index contributed by atoms with van der Waals surface area (Å²) in [5.41, 5.74) is 0.158. The van der Waals surface area contributed by atoms with E-state index in [1.54, 1.807) is 0 Å². The number of nitrogens with zero attached hydrogens (tertiary/aromatic N) is 2. The molecule has 2 heterocycles. The summed E-state index contributed by atoms with van der Waals surface area (Å²) in [6.07, 6.45) is 3.99. The van der Waals surface area contributed by atoms with Crippen molar-refractivity contribution in [3.8, 4) is 0 Å². The summed E-state index contributed by atoms with van der Waals surface area (Å²) in [6.45, 7) is 3.80. The van der Waals surface area contributed by atoms with Gasteiger partial charge in [0.25, 0.3) is 11.5 Å². The molecule has 1 aliphatic rings. The van der Waals surface area contributed by atoms with E-state index in [1.165, 1.54) is 21.9 Å². The Morgan fingerprint density at radius 3 is 3.14 bits per heavy atom. The molecule has 22 heavy (non-hydrogen) atoms. The van der Waals surface area contributed by atoms with Crippen LogP contribution < -0.4 is 10.9 Å². The lowest BCUT2D eigenvalue weighted by Gasteiger charge is -2.29. The SMILES string of the molecule is Cc1csc2ncc(C(=O)NC3CCCC3(C)CO)c(=O)n12. The Labute approximate surface area is 131 Å². The third-order valence-electron chi connectivity index (χ3n) is 4.61. The Bertz CT molecular complexity index is 782. The number of rotatable bonds is 3. The first kappa shape index (κ1) is 15.2. The average Bonchev–Trinajstić information content (AvgIpc) is 3.04. The van der Waals surface area contributed by atoms with Gasteiger partial charge in [0.05, 0.1) is 6.61 Å². The standard InChI is InChI=1S/C15H19N3O3S/c1-9-7-22-14-16-6-10(13(21)18(9)14)12(20)17-11-4-3-5-15(11,2)8-19/h6-7,11,19H,3-5,8H2,1-2H3,(H,17,20). The highest BCUT2D eigenvalue weighted by Gasteiger charge is 2.39. The van der Waals surface area contributed by atoms with Crippen LogP contribution in [0.15, 0.2) is 16.4 Å². The van der Waals surface area contributed by atoms with Crippen molar-refractivity contribution in [1.29, 1.82) is 0 Å². The second kappa shape index (κ2) is 5.48. The summed E-state index contributed by atoms with van der Waals surface area (Å²) >= 11 is 1.37. The van der Waals surface area contributed by atoms with Crippen molar-refractivity contribution in [3.63, 3.8) is 0 Å². The maximum Gasteiger partial charge on any atom is 0.271 e. The Balaban J connectivity index is 1.91. The highest BCUT2D eigenvalue weighted by atomic mass is 32.1. The number of aliphatic hydroxyl groups is 1. The molecule has 0 bridgehead atoms. The third kappa shape index (κ3) is 2.34. The van der Waals surface area contributed by atoms with Crippen LogP contribution in [0.1, 0.15) is 42.2 Å². The zero-order chi connectivity index (χ0) is 15.9. The minimum atomic E-state index is -0.413. The van der Waals surface area contributed by atoms with Crippen LogP contribution in [0.3, 0.4) is 0 Å². The average molecular weight is 321 g/mol. The third-order valence-corrected chi connectivity index (χ3v) is 5.57. The number of fused-ring (bicyclic) bond motifs is 1. The molecule has 0 aromatic carbocycles. The summed E-state index contributed by atoms with van der Waals surface area (Å²) in [6, 6.07) is -0.117. The number of nitrogens with one attached hydrogen (secondary N) is 1. The van der Waals surface area contributed by atoms with E-state index in [-0.39, 0.29) is 29.2 Å². The van der Waals surface area contributed by atoms with Crippen LogP contribution >= 0.6 is 11.3 Å². The number of aryl methyl sites for hydroxylation is 1. The van der Waals surface area contributed by atoms with E-state index in [1.807, 2.05) is 19.2 Å². The second-order valence-electron chi connectivity index (χ2n) is 6.20. The lowest BCUT2D eigenvalue weighted by atomic mass is 9.85. The summed E-state index contributed by atoms with van der Waals surface area (Å²) in [7, 11) is 0. The van der Waals surface area contributed by atoms with Crippen LogP contribution in [0.5, 0.6) is 0 Å².